The van der Waals surface area contributed by atoms with Crippen LogP contribution < -0.4 is 5.32 Å². The minimum atomic E-state index is 0.119. The molecule has 0 aliphatic carbocycles. The van der Waals surface area contributed by atoms with Crippen molar-refractivity contribution >= 4 is 5.69 Å². The lowest BCUT2D eigenvalue weighted by molar-refractivity contribution is 0.211. The van der Waals surface area contributed by atoms with Crippen LogP contribution in [0.4, 0.5) is 5.69 Å². The number of nitrogens with zero attached hydrogens (tertiary/aromatic N) is 4. The Morgan fingerprint density at radius 3 is 2.86 bits per heavy atom. The van der Waals surface area contributed by atoms with Gasteiger partial charge in [-0.25, -0.2) is 0 Å². The molecule has 0 aromatic carbocycles. The highest BCUT2D eigenvalue weighted by Gasteiger charge is 2.19. The van der Waals surface area contributed by atoms with E-state index in [1.165, 1.54) is 5.56 Å². The zero-order valence-electron chi connectivity index (χ0n) is 12.7. The molecule has 6 nitrogen and oxygen atoms in total. The highest BCUT2D eigenvalue weighted by molar-refractivity contribution is 5.39. The average molecular weight is 301 g/mol. The summed E-state index contributed by atoms with van der Waals surface area (Å²) in [7, 11) is 0. The molecule has 1 fully saturated rings. The van der Waals surface area contributed by atoms with Gasteiger partial charge in [0.2, 0.25) is 0 Å². The van der Waals surface area contributed by atoms with Crippen molar-refractivity contribution in [2.45, 2.75) is 32.0 Å². The molecule has 2 aromatic heterocycles. The molecule has 2 aromatic rings. The van der Waals surface area contributed by atoms with Gasteiger partial charge in [-0.05, 0) is 24.5 Å². The van der Waals surface area contributed by atoms with Crippen LogP contribution in [0.5, 0.6) is 0 Å². The Balaban J connectivity index is 1.45. The second kappa shape index (κ2) is 7.38. The van der Waals surface area contributed by atoms with E-state index < -0.39 is 0 Å². The third-order valence-corrected chi connectivity index (χ3v) is 4.05. The predicted octanol–water partition coefficient (Wildman–Crippen LogP) is 1.35. The number of aliphatic hydroxyl groups excluding tert-OH is 1. The Kier molecular flexibility index (Phi) is 5.03. The molecule has 1 saturated heterocycles. The highest BCUT2D eigenvalue weighted by atomic mass is 16.3. The number of pyridine rings is 1. The molecule has 1 aliphatic heterocycles. The lowest BCUT2D eigenvalue weighted by Crippen LogP contribution is -2.38. The van der Waals surface area contributed by atoms with Gasteiger partial charge in [-0.1, -0.05) is 6.07 Å². The van der Waals surface area contributed by atoms with E-state index in [1.54, 1.807) is 4.68 Å². The van der Waals surface area contributed by atoms with E-state index >= 15 is 0 Å². The first-order valence-electron chi connectivity index (χ1n) is 7.84. The van der Waals surface area contributed by atoms with E-state index in [4.69, 9.17) is 5.11 Å². The Labute approximate surface area is 130 Å². The third-order valence-electron chi connectivity index (χ3n) is 4.05. The van der Waals surface area contributed by atoms with Crippen LogP contribution in [0.3, 0.4) is 0 Å². The first-order valence-corrected chi connectivity index (χ1v) is 7.84. The van der Waals surface area contributed by atoms with E-state index in [0.717, 1.165) is 38.2 Å². The van der Waals surface area contributed by atoms with Gasteiger partial charge in [-0.3, -0.25) is 14.6 Å². The van der Waals surface area contributed by atoms with Gasteiger partial charge in [0.05, 0.1) is 25.0 Å². The van der Waals surface area contributed by atoms with E-state index in [1.807, 2.05) is 30.9 Å². The highest BCUT2D eigenvalue weighted by Crippen LogP contribution is 2.17. The van der Waals surface area contributed by atoms with Gasteiger partial charge in [0.1, 0.15) is 0 Å². The number of nitrogens with one attached hydrogen (secondary N) is 1. The van der Waals surface area contributed by atoms with Crippen LogP contribution in [0.2, 0.25) is 0 Å². The van der Waals surface area contributed by atoms with Gasteiger partial charge >= 0.3 is 0 Å². The standard InChI is InChI=1S/C16H23N5O/c22-9-8-21-13-16(11-18-21)19-15-3-6-20(7-4-15)12-14-2-1-5-17-10-14/h1-2,5,10-11,13,15,19,22H,3-4,6-9,12H2. The Morgan fingerprint density at radius 1 is 1.27 bits per heavy atom. The molecule has 0 bridgehead atoms. The summed E-state index contributed by atoms with van der Waals surface area (Å²) in [6, 6.07) is 4.62. The van der Waals surface area contributed by atoms with Gasteiger partial charge in [0.25, 0.3) is 0 Å². The maximum atomic E-state index is 8.91. The number of aromatic nitrogens is 3. The number of hydrogen-bond acceptors (Lipinski definition) is 5. The van der Waals surface area contributed by atoms with Crippen molar-refractivity contribution in [1.29, 1.82) is 0 Å². The van der Waals surface area contributed by atoms with Crippen LogP contribution in [-0.2, 0) is 13.1 Å². The van der Waals surface area contributed by atoms with Crippen LogP contribution in [0, 0.1) is 0 Å². The maximum absolute atomic E-state index is 8.91. The van der Waals surface area contributed by atoms with Gasteiger partial charge in [0.15, 0.2) is 0 Å². The predicted molar refractivity (Wildman–Crippen MR) is 85.5 cm³/mol. The third kappa shape index (κ3) is 4.05. The summed E-state index contributed by atoms with van der Waals surface area (Å²) in [5, 5.41) is 16.7. The molecule has 3 heterocycles. The van der Waals surface area contributed by atoms with E-state index in [-0.39, 0.29) is 6.61 Å². The van der Waals surface area contributed by atoms with E-state index in [0.29, 0.717) is 12.6 Å². The van der Waals surface area contributed by atoms with Crippen LogP contribution in [0.1, 0.15) is 18.4 Å². The minimum Gasteiger partial charge on any atom is -0.394 e. The summed E-state index contributed by atoms with van der Waals surface area (Å²) >= 11 is 0. The molecule has 0 unspecified atom stereocenters. The van der Waals surface area contributed by atoms with Crippen molar-refractivity contribution in [3.05, 3.63) is 42.5 Å². The SMILES string of the molecule is OCCn1cc(NC2CCN(Cc3cccnc3)CC2)cn1. The summed E-state index contributed by atoms with van der Waals surface area (Å²) in [4.78, 5) is 6.65. The monoisotopic (exact) mass is 301 g/mol. The van der Waals surface area contributed by atoms with Gasteiger partial charge in [-0.15, -0.1) is 0 Å². The number of aliphatic hydroxyl groups is 1. The van der Waals surface area contributed by atoms with Crippen LogP contribution in [0.25, 0.3) is 0 Å². The number of anilines is 1. The van der Waals surface area contributed by atoms with Crippen molar-refractivity contribution in [3.63, 3.8) is 0 Å². The first-order chi connectivity index (χ1) is 10.8. The molecule has 0 saturated carbocycles. The van der Waals surface area contributed by atoms with Crippen LogP contribution >= 0.6 is 0 Å². The molecule has 2 N–H and O–H groups in total. The van der Waals surface area contributed by atoms with Crippen molar-refractivity contribution in [2.75, 3.05) is 25.0 Å². The number of rotatable bonds is 6. The summed E-state index contributed by atoms with van der Waals surface area (Å²) in [6.45, 7) is 3.84. The normalized spacial score (nSPS) is 16.8. The summed E-state index contributed by atoms with van der Waals surface area (Å²) in [6.07, 6.45) is 9.81. The van der Waals surface area contributed by atoms with Crippen LogP contribution in [-0.4, -0.2) is 50.5 Å². The van der Waals surface area contributed by atoms with Crippen molar-refractivity contribution < 1.29 is 5.11 Å². The summed E-state index contributed by atoms with van der Waals surface area (Å²) < 4.78 is 1.76. The molecule has 3 rings (SSSR count). The zero-order chi connectivity index (χ0) is 15.2. The molecule has 6 heteroatoms. The van der Waals surface area contributed by atoms with Gasteiger partial charge in [-0.2, -0.15) is 5.10 Å². The summed E-state index contributed by atoms with van der Waals surface area (Å²) in [5.41, 5.74) is 2.32. The zero-order valence-corrected chi connectivity index (χ0v) is 12.7. The topological polar surface area (TPSA) is 66.2 Å². The average Bonchev–Trinajstić information content (AvgIpc) is 2.98. The van der Waals surface area contributed by atoms with E-state index in [9.17, 15) is 0 Å². The second-order valence-electron chi connectivity index (χ2n) is 5.77. The smallest absolute Gasteiger partial charge is 0.0728 e. The molecule has 0 radical (unpaired) electrons. The van der Waals surface area contributed by atoms with E-state index in [2.05, 4.69) is 26.4 Å². The second-order valence-corrected chi connectivity index (χ2v) is 5.77. The molecule has 0 spiro atoms. The largest absolute Gasteiger partial charge is 0.394 e. The fraction of sp³-hybridized carbons (Fsp3) is 0.500. The van der Waals surface area contributed by atoms with Crippen LogP contribution in [0.15, 0.2) is 36.9 Å². The first kappa shape index (κ1) is 15.0. The van der Waals surface area contributed by atoms with Gasteiger partial charge < -0.3 is 10.4 Å². The van der Waals surface area contributed by atoms with Gasteiger partial charge in [0, 0.05) is 44.3 Å². The Morgan fingerprint density at radius 2 is 2.14 bits per heavy atom. The molecule has 0 atom stereocenters. The quantitative estimate of drug-likeness (QED) is 0.843. The maximum Gasteiger partial charge on any atom is 0.0728 e. The van der Waals surface area contributed by atoms with Crippen molar-refractivity contribution in [3.8, 4) is 0 Å². The Bertz CT molecular complexity index is 563. The fourth-order valence-electron chi connectivity index (χ4n) is 2.88. The molecule has 0 amide bonds. The lowest BCUT2D eigenvalue weighted by atomic mass is 10.0. The lowest BCUT2D eigenvalue weighted by Gasteiger charge is -2.32. The molecular weight excluding hydrogens is 278 g/mol. The van der Waals surface area contributed by atoms with Crippen molar-refractivity contribution in [2.24, 2.45) is 0 Å². The molecule has 22 heavy (non-hydrogen) atoms. The number of hydrogen-bond donors (Lipinski definition) is 2. The fourth-order valence-corrected chi connectivity index (χ4v) is 2.88. The Hall–Kier alpha value is -1.92. The number of likely N-dealkylation sites (tertiary alicyclic amines) is 1. The molecular formula is C16H23N5O. The minimum absolute atomic E-state index is 0.119. The summed E-state index contributed by atoms with van der Waals surface area (Å²) in [5.74, 6) is 0. The molecule has 1 aliphatic rings. The molecule has 118 valence electrons. The number of piperidine rings is 1. The van der Waals surface area contributed by atoms with Crippen molar-refractivity contribution in [1.82, 2.24) is 19.7 Å².